The SMILES string of the molecule is NC1CCC(CNCc2ccc(F)c(F)c2)CC1. The Hall–Kier alpha value is -1.00. The Morgan fingerprint density at radius 3 is 2.50 bits per heavy atom. The van der Waals surface area contributed by atoms with Gasteiger partial charge in [-0.25, -0.2) is 8.78 Å². The predicted octanol–water partition coefficient (Wildman–Crippen LogP) is 2.57. The van der Waals surface area contributed by atoms with Gasteiger partial charge in [-0.2, -0.15) is 0 Å². The molecule has 0 saturated heterocycles. The first-order chi connectivity index (χ1) is 8.65. The Labute approximate surface area is 107 Å². The van der Waals surface area contributed by atoms with Gasteiger partial charge < -0.3 is 11.1 Å². The lowest BCUT2D eigenvalue weighted by Crippen LogP contribution is -2.31. The maximum atomic E-state index is 13.0. The molecule has 4 heteroatoms. The molecule has 0 unspecified atom stereocenters. The van der Waals surface area contributed by atoms with Gasteiger partial charge in [-0.05, 0) is 55.8 Å². The van der Waals surface area contributed by atoms with Crippen LogP contribution in [-0.4, -0.2) is 12.6 Å². The van der Waals surface area contributed by atoms with Crippen LogP contribution in [0.3, 0.4) is 0 Å². The first-order valence-electron chi connectivity index (χ1n) is 6.55. The van der Waals surface area contributed by atoms with E-state index in [2.05, 4.69) is 5.32 Å². The highest BCUT2D eigenvalue weighted by atomic mass is 19.2. The van der Waals surface area contributed by atoms with Gasteiger partial charge in [0.2, 0.25) is 0 Å². The molecule has 0 bridgehead atoms. The summed E-state index contributed by atoms with van der Waals surface area (Å²) in [6.45, 7) is 1.51. The average molecular weight is 254 g/mol. The van der Waals surface area contributed by atoms with Crippen LogP contribution in [0.4, 0.5) is 8.78 Å². The lowest BCUT2D eigenvalue weighted by Gasteiger charge is -2.26. The second-order valence-corrected chi connectivity index (χ2v) is 5.16. The summed E-state index contributed by atoms with van der Waals surface area (Å²) in [4.78, 5) is 0. The van der Waals surface area contributed by atoms with Crippen LogP contribution >= 0.6 is 0 Å². The molecular formula is C14H20F2N2. The largest absolute Gasteiger partial charge is 0.328 e. The smallest absolute Gasteiger partial charge is 0.159 e. The average Bonchev–Trinajstić information content (AvgIpc) is 2.36. The molecule has 100 valence electrons. The van der Waals surface area contributed by atoms with E-state index in [0.717, 1.165) is 37.8 Å². The van der Waals surface area contributed by atoms with Gasteiger partial charge in [0.05, 0.1) is 0 Å². The minimum absolute atomic E-state index is 0.368. The van der Waals surface area contributed by atoms with Crippen molar-refractivity contribution in [2.24, 2.45) is 11.7 Å². The molecule has 3 N–H and O–H groups in total. The van der Waals surface area contributed by atoms with Gasteiger partial charge >= 0.3 is 0 Å². The molecule has 0 heterocycles. The number of halogens is 2. The highest BCUT2D eigenvalue weighted by Crippen LogP contribution is 2.22. The van der Waals surface area contributed by atoms with E-state index in [1.807, 2.05) is 0 Å². The first-order valence-corrected chi connectivity index (χ1v) is 6.55. The third kappa shape index (κ3) is 3.75. The second-order valence-electron chi connectivity index (χ2n) is 5.16. The Balaban J connectivity index is 1.73. The Bertz CT molecular complexity index is 387. The van der Waals surface area contributed by atoms with Crippen LogP contribution in [0, 0.1) is 17.6 Å². The van der Waals surface area contributed by atoms with Crippen molar-refractivity contribution < 1.29 is 8.78 Å². The minimum atomic E-state index is -0.792. The molecule has 2 nitrogen and oxygen atoms in total. The van der Waals surface area contributed by atoms with Crippen molar-refractivity contribution in [3.63, 3.8) is 0 Å². The number of hydrogen-bond acceptors (Lipinski definition) is 2. The van der Waals surface area contributed by atoms with Gasteiger partial charge in [-0.15, -0.1) is 0 Å². The zero-order valence-electron chi connectivity index (χ0n) is 10.5. The summed E-state index contributed by atoms with van der Waals surface area (Å²) in [5, 5.41) is 3.30. The van der Waals surface area contributed by atoms with E-state index in [4.69, 9.17) is 5.73 Å². The van der Waals surface area contributed by atoms with E-state index in [0.29, 0.717) is 18.5 Å². The zero-order valence-corrected chi connectivity index (χ0v) is 10.5. The van der Waals surface area contributed by atoms with Crippen molar-refractivity contribution >= 4 is 0 Å². The minimum Gasteiger partial charge on any atom is -0.328 e. The molecule has 1 aromatic carbocycles. The van der Waals surface area contributed by atoms with Crippen molar-refractivity contribution in [3.05, 3.63) is 35.4 Å². The van der Waals surface area contributed by atoms with Gasteiger partial charge in [0, 0.05) is 12.6 Å². The van der Waals surface area contributed by atoms with Gasteiger partial charge in [-0.3, -0.25) is 0 Å². The predicted molar refractivity (Wildman–Crippen MR) is 68.0 cm³/mol. The maximum absolute atomic E-state index is 13.0. The molecule has 1 aromatic rings. The quantitative estimate of drug-likeness (QED) is 0.866. The molecule has 0 spiro atoms. The van der Waals surface area contributed by atoms with Crippen LogP contribution in [0.15, 0.2) is 18.2 Å². The third-order valence-electron chi connectivity index (χ3n) is 3.64. The molecule has 1 aliphatic carbocycles. The van der Waals surface area contributed by atoms with Gasteiger partial charge in [-0.1, -0.05) is 6.07 Å². The fraction of sp³-hybridized carbons (Fsp3) is 0.571. The fourth-order valence-corrected chi connectivity index (χ4v) is 2.46. The molecule has 1 saturated carbocycles. The number of rotatable bonds is 4. The van der Waals surface area contributed by atoms with Crippen molar-refractivity contribution in [2.45, 2.75) is 38.3 Å². The summed E-state index contributed by atoms with van der Waals surface area (Å²) in [5.41, 5.74) is 6.63. The molecule has 18 heavy (non-hydrogen) atoms. The second kappa shape index (κ2) is 6.25. The lowest BCUT2D eigenvalue weighted by atomic mass is 9.86. The summed E-state index contributed by atoms with van der Waals surface area (Å²) in [6, 6.07) is 4.40. The van der Waals surface area contributed by atoms with Crippen LogP contribution in [0.25, 0.3) is 0 Å². The number of benzene rings is 1. The van der Waals surface area contributed by atoms with Crippen LogP contribution in [0.2, 0.25) is 0 Å². The number of nitrogens with two attached hydrogens (primary N) is 1. The van der Waals surface area contributed by atoms with E-state index in [-0.39, 0.29) is 0 Å². The maximum Gasteiger partial charge on any atom is 0.159 e. The Morgan fingerprint density at radius 1 is 1.11 bits per heavy atom. The van der Waals surface area contributed by atoms with E-state index in [1.54, 1.807) is 6.07 Å². The molecule has 0 aliphatic heterocycles. The molecular weight excluding hydrogens is 234 g/mol. The van der Waals surface area contributed by atoms with Gasteiger partial charge in [0.25, 0.3) is 0 Å². The van der Waals surface area contributed by atoms with Crippen LogP contribution in [-0.2, 0) is 6.54 Å². The lowest BCUT2D eigenvalue weighted by molar-refractivity contribution is 0.314. The summed E-state index contributed by atoms with van der Waals surface area (Å²) in [7, 11) is 0. The highest BCUT2D eigenvalue weighted by molar-refractivity contribution is 5.17. The van der Waals surface area contributed by atoms with Crippen molar-refractivity contribution in [3.8, 4) is 0 Å². The molecule has 0 aromatic heterocycles. The van der Waals surface area contributed by atoms with Crippen molar-refractivity contribution in [1.29, 1.82) is 0 Å². The van der Waals surface area contributed by atoms with Gasteiger partial charge in [0.1, 0.15) is 0 Å². The van der Waals surface area contributed by atoms with Crippen LogP contribution in [0.1, 0.15) is 31.2 Å². The van der Waals surface area contributed by atoms with Gasteiger partial charge in [0.15, 0.2) is 11.6 Å². The number of hydrogen-bond donors (Lipinski definition) is 2. The summed E-state index contributed by atoms with van der Waals surface area (Å²) < 4.78 is 25.7. The molecule has 0 amide bonds. The molecule has 1 fully saturated rings. The Morgan fingerprint density at radius 2 is 1.83 bits per heavy atom. The van der Waals surface area contributed by atoms with E-state index < -0.39 is 11.6 Å². The van der Waals surface area contributed by atoms with E-state index in [1.165, 1.54) is 12.1 Å². The standard InChI is InChI=1S/C14H20F2N2/c15-13-6-3-11(7-14(13)16)9-18-8-10-1-4-12(17)5-2-10/h3,6-7,10,12,18H,1-2,4-5,8-9,17H2. The highest BCUT2D eigenvalue weighted by Gasteiger charge is 2.17. The monoisotopic (exact) mass is 254 g/mol. The summed E-state index contributed by atoms with van der Waals surface area (Å²) in [5.74, 6) is -0.909. The Kier molecular flexibility index (Phi) is 4.66. The molecule has 1 aliphatic rings. The first kappa shape index (κ1) is 13.4. The topological polar surface area (TPSA) is 38.0 Å². The zero-order chi connectivity index (χ0) is 13.0. The van der Waals surface area contributed by atoms with Crippen LogP contribution in [0.5, 0.6) is 0 Å². The number of nitrogens with one attached hydrogen (secondary N) is 1. The summed E-state index contributed by atoms with van der Waals surface area (Å²) >= 11 is 0. The fourth-order valence-electron chi connectivity index (χ4n) is 2.46. The molecule has 2 rings (SSSR count). The van der Waals surface area contributed by atoms with Crippen molar-refractivity contribution in [1.82, 2.24) is 5.32 Å². The molecule has 0 radical (unpaired) electrons. The van der Waals surface area contributed by atoms with Crippen molar-refractivity contribution in [2.75, 3.05) is 6.54 Å². The summed E-state index contributed by atoms with van der Waals surface area (Å²) in [6.07, 6.45) is 4.51. The molecule has 0 atom stereocenters. The van der Waals surface area contributed by atoms with E-state index in [9.17, 15) is 8.78 Å². The van der Waals surface area contributed by atoms with Crippen LogP contribution < -0.4 is 11.1 Å². The third-order valence-corrected chi connectivity index (χ3v) is 3.64. The normalized spacial score (nSPS) is 24.2. The van der Waals surface area contributed by atoms with E-state index >= 15 is 0 Å².